The molecule has 1 atom stereocenters. The summed E-state index contributed by atoms with van der Waals surface area (Å²) < 4.78 is 6.33. The van der Waals surface area contributed by atoms with Crippen molar-refractivity contribution in [3.05, 3.63) is 34.9 Å². The number of nitrogens with one attached hydrogen (secondary N) is 1. The average Bonchev–Trinajstić information content (AvgIpc) is 2.87. The number of hydrogen-bond acceptors (Lipinski definition) is 2. The minimum absolute atomic E-state index is 0.0334. The van der Waals surface area contributed by atoms with Gasteiger partial charge in [-0.05, 0) is 39.7 Å². The van der Waals surface area contributed by atoms with Crippen LogP contribution in [0.3, 0.4) is 0 Å². The SMILES string of the molecule is CC(C)(C)NCC(OC1CCCC1)c1ccccc1Cl. The summed E-state index contributed by atoms with van der Waals surface area (Å²) >= 11 is 6.35. The van der Waals surface area contributed by atoms with Crippen LogP contribution in [0, 0.1) is 0 Å². The monoisotopic (exact) mass is 295 g/mol. The van der Waals surface area contributed by atoms with Crippen molar-refractivity contribution in [3.63, 3.8) is 0 Å². The van der Waals surface area contributed by atoms with Crippen molar-refractivity contribution in [2.75, 3.05) is 6.54 Å². The van der Waals surface area contributed by atoms with E-state index in [1.54, 1.807) is 0 Å². The number of ether oxygens (including phenoxy) is 1. The van der Waals surface area contributed by atoms with Crippen LogP contribution in [0.2, 0.25) is 5.02 Å². The minimum atomic E-state index is 0.0334. The Kier molecular flexibility index (Phi) is 5.48. The second-order valence-electron chi connectivity index (χ2n) is 6.68. The first-order valence-corrected chi connectivity index (χ1v) is 7.98. The molecular formula is C17H26ClNO. The molecule has 0 heterocycles. The lowest BCUT2D eigenvalue weighted by Gasteiger charge is -2.28. The van der Waals surface area contributed by atoms with Crippen molar-refractivity contribution in [2.24, 2.45) is 0 Å². The first-order valence-electron chi connectivity index (χ1n) is 7.60. The van der Waals surface area contributed by atoms with Crippen molar-refractivity contribution < 1.29 is 4.74 Å². The van der Waals surface area contributed by atoms with Crippen LogP contribution in [0.5, 0.6) is 0 Å². The maximum Gasteiger partial charge on any atom is 0.0967 e. The fourth-order valence-electron chi connectivity index (χ4n) is 2.62. The Labute approximate surface area is 127 Å². The summed E-state index contributed by atoms with van der Waals surface area (Å²) in [6.07, 6.45) is 5.34. The Morgan fingerprint density at radius 3 is 2.50 bits per heavy atom. The number of rotatable bonds is 5. The van der Waals surface area contributed by atoms with Crippen LogP contribution in [-0.2, 0) is 4.74 Å². The summed E-state index contributed by atoms with van der Waals surface area (Å²) in [5.41, 5.74) is 1.18. The highest BCUT2D eigenvalue weighted by Gasteiger charge is 2.24. The molecule has 20 heavy (non-hydrogen) atoms. The summed E-state index contributed by atoms with van der Waals surface area (Å²) in [6, 6.07) is 8.02. The zero-order valence-electron chi connectivity index (χ0n) is 12.8. The third kappa shape index (κ3) is 4.76. The van der Waals surface area contributed by atoms with Crippen LogP contribution in [0.4, 0.5) is 0 Å². The molecule has 0 spiro atoms. The largest absolute Gasteiger partial charge is 0.369 e. The average molecular weight is 296 g/mol. The molecule has 0 aromatic heterocycles. The quantitative estimate of drug-likeness (QED) is 0.848. The van der Waals surface area contributed by atoms with Gasteiger partial charge in [0.15, 0.2) is 0 Å². The predicted molar refractivity (Wildman–Crippen MR) is 85.3 cm³/mol. The zero-order chi connectivity index (χ0) is 14.6. The molecule has 0 amide bonds. The molecule has 1 N–H and O–H groups in total. The maximum absolute atomic E-state index is 6.35. The lowest BCUT2D eigenvalue weighted by Crippen LogP contribution is -2.39. The topological polar surface area (TPSA) is 21.3 Å². The summed E-state index contributed by atoms with van der Waals surface area (Å²) in [6.45, 7) is 7.31. The molecule has 1 fully saturated rings. The molecule has 1 saturated carbocycles. The van der Waals surface area contributed by atoms with E-state index in [0.717, 1.165) is 17.1 Å². The molecule has 3 heteroatoms. The Morgan fingerprint density at radius 2 is 1.90 bits per heavy atom. The Morgan fingerprint density at radius 1 is 1.25 bits per heavy atom. The summed E-state index contributed by atoms with van der Waals surface area (Å²) in [7, 11) is 0. The Balaban J connectivity index is 2.08. The molecular weight excluding hydrogens is 270 g/mol. The summed E-state index contributed by atoms with van der Waals surface area (Å²) in [5.74, 6) is 0. The smallest absolute Gasteiger partial charge is 0.0967 e. The standard InChI is InChI=1S/C17H26ClNO/c1-17(2,3)19-12-16(20-13-8-4-5-9-13)14-10-6-7-11-15(14)18/h6-7,10-11,13,16,19H,4-5,8-9,12H2,1-3H3. The van der Waals surface area contributed by atoms with Gasteiger partial charge in [-0.25, -0.2) is 0 Å². The van der Waals surface area contributed by atoms with Crippen LogP contribution < -0.4 is 5.32 Å². The summed E-state index contributed by atoms with van der Waals surface area (Å²) in [4.78, 5) is 0. The fraction of sp³-hybridized carbons (Fsp3) is 0.647. The van der Waals surface area contributed by atoms with Gasteiger partial charge >= 0.3 is 0 Å². The van der Waals surface area contributed by atoms with Crippen LogP contribution in [0.25, 0.3) is 0 Å². The van der Waals surface area contributed by atoms with Gasteiger partial charge in [-0.2, -0.15) is 0 Å². The van der Waals surface area contributed by atoms with E-state index in [0.29, 0.717) is 6.10 Å². The molecule has 1 aliphatic carbocycles. The Hall–Kier alpha value is -0.570. The number of benzene rings is 1. The highest BCUT2D eigenvalue weighted by atomic mass is 35.5. The second-order valence-corrected chi connectivity index (χ2v) is 7.09. The van der Waals surface area contributed by atoms with Crippen LogP contribution >= 0.6 is 11.6 Å². The highest BCUT2D eigenvalue weighted by Crippen LogP contribution is 2.31. The maximum atomic E-state index is 6.35. The van der Waals surface area contributed by atoms with Crippen molar-refractivity contribution in [1.82, 2.24) is 5.32 Å². The molecule has 2 rings (SSSR count). The first-order chi connectivity index (χ1) is 9.46. The van der Waals surface area contributed by atoms with Gasteiger partial charge in [0.1, 0.15) is 0 Å². The van der Waals surface area contributed by atoms with Crippen LogP contribution in [0.15, 0.2) is 24.3 Å². The van der Waals surface area contributed by atoms with E-state index >= 15 is 0 Å². The van der Waals surface area contributed by atoms with E-state index < -0.39 is 0 Å². The molecule has 2 nitrogen and oxygen atoms in total. The molecule has 0 bridgehead atoms. The van der Waals surface area contributed by atoms with E-state index in [-0.39, 0.29) is 11.6 Å². The van der Waals surface area contributed by atoms with Gasteiger partial charge in [-0.3, -0.25) is 0 Å². The van der Waals surface area contributed by atoms with E-state index in [4.69, 9.17) is 16.3 Å². The number of halogens is 1. The van der Waals surface area contributed by atoms with Crippen molar-refractivity contribution >= 4 is 11.6 Å². The van der Waals surface area contributed by atoms with Gasteiger partial charge < -0.3 is 10.1 Å². The number of hydrogen-bond donors (Lipinski definition) is 1. The van der Waals surface area contributed by atoms with Crippen LogP contribution in [0.1, 0.15) is 58.1 Å². The van der Waals surface area contributed by atoms with Gasteiger partial charge in [0.05, 0.1) is 12.2 Å². The third-order valence-electron chi connectivity index (χ3n) is 3.73. The third-order valence-corrected chi connectivity index (χ3v) is 4.07. The van der Waals surface area contributed by atoms with E-state index in [9.17, 15) is 0 Å². The van der Waals surface area contributed by atoms with Gasteiger partial charge in [-0.1, -0.05) is 42.6 Å². The van der Waals surface area contributed by atoms with Gasteiger partial charge in [0.25, 0.3) is 0 Å². The van der Waals surface area contributed by atoms with E-state index in [2.05, 4.69) is 32.2 Å². The van der Waals surface area contributed by atoms with Gasteiger partial charge in [-0.15, -0.1) is 0 Å². The molecule has 0 aliphatic heterocycles. The molecule has 112 valence electrons. The fourth-order valence-corrected chi connectivity index (χ4v) is 2.88. The normalized spacial score (nSPS) is 18.4. The molecule has 1 aromatic carbocycles. The molecule has 1 aliphatic rings. The lowest BCUT2D eigenvalue weighted by atomic mass is 10.1. The molecule has 0 radical (unpaired) electrons. The van der Waals surface area contributed by atoms with Gasteiger partial charge in [0.2, 0.25) is 0 Å². The van der Waals surface area contributed by atoms with Crippen LogP contribution in [-0.4, -0.2) is 18.2 Å². The summed E-state index contributed by atoms with van der Waals surface area (Å²) in [5, 5.41) is 4.34. The lowest BCUT2D eigenvalue weighted by molar-refractivity contribution is -0.0114. The van der Waals surface area contributed by atoms with Crippen molar-refractivity contribution in [1.29, 1.82) is 0 Å². The molecule has 1 unspecified atom stereocenters. The predicted octanol–water partition coefficient (Wildman–Crippen LogP) is 4.73. The molecule has 0 saturated heterocycles. The highest BCUT2D eigenvalue weighted by molar-refractivity contribution is 6.31. The van der Waals surface area contributed by atoms with E-state index in [1.165, 1.54) is 25.7 Å². The first kappa shape index (κ1) is 15.8. The second kappa shape index (κ2) is 6.93. The van der Waals surface area contributed by atoms with Crippen molar-refractivity contribution in [2.45, 2.75) is 64.2 Å². The van der Waals surface area contributed by atoms with Gasteiger partial charge in [0, 0.05) is 22.7 Å². The van der Waals surface area contributed by atoms with Crippen molar-refractivity contribution in [3.8, 4) is 0 Å². The minimum Gasteiger partial charge on any atom is -0.369 e. The Bertz CT molecular complexity index is 421. The van der Waals surface area contributed by atoms with E-state index in [1.807, 2.05) is 18.2 Å². The zero-order valence-corrected chi connectivity index (χ0v) is 13.5. The molecule has 1 aromatic rings.